The van der Waals surface area contributed by atoms with Crippen LogP contribution in [0.25, 0.3) is 0 Å². The number of carbonyl (C=O) groups is 1. The third-order valence-electron chi connectivity index (χ3n) is 6.19. The zero-order chi connectivity index (χ0) is 22.2. The first-order valence-electron chi connectivity index (χ1n) is 10.5. The molecule has 0 spiro atoms. The predicted molar refractivity (Wildman–Crippen MR) is 120 cm³/mol. The Morgan fingerprint density at radius 3 is 2.39 bits per heavy atom. The number of carbonyl (C=O) groups excluding carboxylic acids is 1. The summed E-state index contributed by atoms with van der Waals surface area (Å²) >= 11 is 0. The molecule has 0 saturated carbocycles. The molecule has 0 unspecified atom stereocenters. The first-order chi connectivity index (χ1) is 14.6. The molecule has 1 N–H and O–H groups in total. The highest BCUT2D eigenvalue weighted by Crippen LogP contribution is 2.36. The van der Waals surface area contributed by atoms with Crippen LogP contribution in [0, 0.1) is 5.82 Å². The maximum Gasteiger partial charge on any atom is 0.494 e. The number of nitrogens with one attached hydrogen (secondary N) is 1. The second-order valence-electron chi connectivity index (χ2n) is 8.97. The minimum Gasteiger partial charge on any atom is -0.399 e. The molecular formula is C23H28BFN2O4. The number of halogens is 1. The molecule has 0 atom stereocenters. The van der Waals surface area contributed by atoms with Crippen molar-refractivity contribution in [1.82, 2.24) is 0 Å². The Hall–Kier alpha value is -2.42. The molecule has 1 amide bonds. The molecule has 0 radical (unpaired) electrons. The lowest BCUT2D eigenvalue weighted by Gasteiger charge is -2.32. The molecule has 164 valence electrons. The topological polar surface area (TPSA) is 60.0 Å². The van der Waals surface area contributed by atoms with Crippen molar-refractivity contribution >= 4 is 29.9 Å². The average molecular weight is 426 g/mol. The van der Waals surface area contributed by atoms with E-state index in [0.29, 0.717) is 37.7 Å². The third kappa shape index (κ3) is 4.61. The summed E-state index contributed by atoms with van der Waals surface area (Å²) in [7, 11) is -0.524. The monoisotopic (exact) mass is 426 g/mol. The fraction of sp³-hybridized carbons (Fsp3) is 0.435. The number of hydrogen-bond donors (Lipinski definition) is 1. The van der Waals surface area contributed by atoms with Crippen molar-refractivity contribution in [2.24, 2.45) is 0 Å². The van der Waals surface area contributed by atoms with E-state index in [4.69, 9.17) is 14.0 Å². The predicted octanol–water partition coefficient (Wildman–Crippen LogP) is 3.21. The van der Waals surface area contributed by atoms with Crippen molar-refractivity contribution in [2.75, 3.05) is 36.5 Å². The lowest BCUT2D eigenvalue weighted by Crippen LogP contribution is -2.41. The second-order valence-corrected chi connectivity index (χ2v) is 8.97. The molecule has 8 heteroatoms. The summed E-state index contributed by atoms with van der Waals surface area (Å²) in [4.78, 5) is 14.9. The van der Waals surface area contributed by atoms with Crippen LogP contribution >= 0.6 is 0 Å². The van der Waals surface area contributed by atoms with E-state index in [1.807, 2.05) is 50.8 Å². The number of ether oxygens (including phenoxy) is 1. The molecule has 0 aliphatic carbocycles. The molecule has 2 aromatic rings. The van der Waals surface area contributed by atoms with Gasteiger partial charge in [-0.3, -0.25) is 4.79 Å². The van der Waals surface area contributed by atoms with Gasteiger partial charge in [-0.1, -0.05) is 12.1 Å². The van der Waals surface area contributed by atoms with Gasteiger partial charge in [-0.15, -0.1) is 0 Å². The third-order valence-corrected chi connectivity index (χ3v) is 6.19. The van der Waals surface area contributed by atoms with Crippen LogP contribution in [0.3, 0.4) is 0 Å². The second kappa shape index (κ2) is 8.26. The van der Waals surface area contributed by atoms with E-state index in [1.165, 1.54) is 12.1 Å². The van der Waals surface area contributed by atoms with E-state index < -0.39 is 24.1 Å². The smallest absolute Gasteiger partial charge is 0.399 e. The normalized spacial score (nSPS) is 20.0. The van der Waals surface area contributed by atoms with Gasteiger partial charge in [0.15, 0.2) is 0 Å². The Bertz CT molecular complexity index is 960. The summed E-state index contributed by atoms with van der Waals surface area (Å²) in [5, 5.41) is 2.86. The van der Waals surface area contributed by atoms with Crippen molar-refractivity contribution in [1.29, 1.82) is 0 Å². The van der Waals surface area contributed by atoms with Gasteiger partial charge in [-0.2, -0.15) is 0 Å². The fourth-order valence-corrected chi connectivity index (χ4v) is 3.65. The minimum absolute atomic E-state index is 0.266. The highest BCUT2D eigenvalue weighted by atomic mass is 19.1. The van der Waals surface area contributed by atoms with Crippen molar-refractivity contribution in [3.63, 3.8) is 0 Å². The van der Waals surface area contributed by atoms with Gasteiger partial charge >= 0.3 is 7.12 Å². The van der Waals surface area contributed by atoms with Crippen LogP contribution in [0.1, 0.15) is 38.1 Å². The molecule has 0 aromatic heterocycles. The summed E-state index contributed by atoms with van der Waals surface area (Å²) in [5.41, 5.74) is 1.45. The molecule has 2 heterocycles. The lowest BCUT2D eigenvalue weighted by molar-refractivity contribution is 0.00578. The van der Waals surface area contributed by atoms with E-state index in [-0.39, 0.29) is 11.5 Å². The van der Waals surface area contributed by atoms with Gasteiger partial charge in [0.25, 0.3) is 5.91 Å². The number of nitrogens with zero attached hydrogens (tertiary/aromatic N) is 1. The number of hydrogen-bond acceptors (Lipinski definition) is 5. The standard InChI is InChI=1S/C23H28BFN2O4/c1-22(2)23(3,4)31-24(30-22)17-6-5-7-19(14-17)26-21(28)16-12-18(25)15-20(13-16)27-8-10-29-11-9-27/h5-7,12-15H,8-11H2,1-4H3,(H,26,28). The molecule has 2 fully saturated rings. The van der Waals surface area contributed by atoms with Crippen LogP contribution in [-0.2, 0) is 14.0 Å². The Morgan fingerprint density at radius 1 is 1.03 bits per heavy atom. The first-order valence-corrected chi connectivity index (χ1v) is 10.5. The summed E-state index contributed by atoms with van der Waals surface area (Å²) in [6, 6.07) is 11.7. The van der Waals surface area contributed by atoms with Gasteiger partial charge in [0.1, 0.15) is 5.82 Å². The summed E-state index contributed by atoms with van der Waals surface area (Å²) < 4.78 is 31.8. The number of morpholine rings is 1. The van der Waals surface area contributed by atoms with E-state index >= 15 is 0 Å². The van der Waals surface area contributed by atoms with Crippen LogP contribution in [-0.4, -0.2) is 50.5 Å². The molecule has 4 rings (SSSR count). The van der Waals surface area contributed by atoms with Gasteiger partial charge in [-0.05, 0) is 63.5 Å². The molecule has 0 bridgehead atoms. The summed E-state index contributed by atoms with van der Waals surface area (Å²) in [5.74, 6) is -0.819. The average Bonchev–Trinajstić information content (AvgIpc) is 2.95. The lowest BCUT2D eigenvalue weighted by atomic mass is 9.79. The van der Waals surface area contributed by atoms with E-state index in [0.717, 1.165) is 5.46 Å². The SMILES string of the molecule is CC1(C)OB(c2cccc(NC(=O)c3cc(F)cc(N4CCOCC4)c3)c2)OC1(C)C. The Labute approximate surface area is 182 Å². The van der Waals surface area contributed by atoms with Crippen LogP contribution in [0.2, 0.25) is 0 Å². The van der Waals surface area contributed by atoms with Crippen LogP contribution < -0.4 is 15.7 Å². The van der Waals surface area contributed by atoms with Crippen molar-refractivity contribution < 1.29 is 23.2 Å². The number of benzene rings is 2. The van der Waals surface area contributed by atoms with Gasteiger partial charge < -0.3 is 24.3 Å². The summed E-state index contributed by atoms with van der Waals surface area (Å²) in [6.07, 6.45) is 0. The largest absolute Gasteiger partial charge is 0.494 e. The number of amides is 1. The van der Waals surface area contributed by atoms with Gasteiger partial charge in [-0.25, -0.2) is 4.39 Å². The minimum atomic E-state index is -0.524. The summed E-state index contributed by atoms with van der Waals surface area (Å²) in [6.45, 7) is 10.5. The molecule has 2 saturated heterocycles. The molecule has 2 aliphatic rings. The van der Waals surface area contributed by atoms with E-state index in [2.05, 4.69) is 5.32 Å². The maximum atomic E-state index is 14.2. The molecular weight excluding hydrogens is 398 g/mol. The Balaban J connectivity index is 1.51. The zero-order valence-corrected chi connectivity index (χ0v) is 18.4. The molecule has 2 aromatic carbocycles. The van der Waals surface area contributed by atoms with Crippen LogP contribution in [0.4, 0.5) is 15.8 Å². The van der Waals surface area contributed by atoms with Crippen LogP contribution in [0.15, 0.2) is 42.5 Å². The molecule has 6 nitrogen and oxygen atoms in total. The maximum absolute atomic E-state index is 14.2. The van der Waals surface area contributed by atoms with E-state index in [9.17, 15) is 9.18 Å². The zero-order valence-electron chi connectivity index (χ0n) is 18.4. The Kier molecular flexibility index (Phi) is 5.81. The van der Waals surface area contributed by atoms with Gasteiger partial charge in [0.05, 0.1) is 24.4 Å². The van der Waals surface area contributed by atoms with Gasteiger partial charge in [0.2, 0.25) is 0 Å². The Morgan fingerprint density at radius 2 is 1.71 bits per heavy atom. The molecule has 2 aliphatic heterocycles. The highest BCUT2D eigenvalue weighted by Gasteiger charge is 2.51. The highest BCUT2D eigenvalue weighted by molar-refractivity contribution is 6.62. The van der Waals surface area contributed by atoms with E-state index in [1.54, 1.807) is 12.1 Å². The van der Waals surface area contributed by atoms with Gasteiger partial charge in [0, 0.05) is 30.0 Å². The van der Waals surface area contributed by atoms with Crippen LogP contribution in [0.5, 0.6) is 0 Å². The van der Waals surface area contributed by atoms with Crippen molar-refractivity contribution in [2.45, 2.75) is 38.9 Å². The number of rotatable bonds is 4. The quantitative estimate of drug-likeness (QED) is 0.761. The first kappa shape index (κ1) is 21.8. The van der Waals surface area contributed by atoms with Crippen molar-refractivity contribution in [3.8, 4) is 0 Å². The van der Waals surface area contributed by atoms with Crippen molar-refractivity contribution in [3.05, 3.63) is 53.8 Å². The molecule has 31 heavy (non-hydrogen) atoms. The number of anilines is 2. The fourth-order valence-electron chi connectivity index (χ4n) is 3.65.